The molecule has 1 atom stereocenters. The number of anilines is 2. The van der Waals surface area contributed by atoms with Crippen LogP contribution in [0.25, 0.3) is 0 Å². The van der Waals surface area contributed by atoms with Gasteiger partial charge in [0.2, 0.25) is 0 Å². The fraction of sp³-hybridized carbons (Fsp3) is 0.294. The minimum atomic E-state index is -0.129. The van der Waals surface area contributed by atoms with Crippen molar-refractivity contribution >= 4 is 17.3 Å². The molecule has 5 nitrogen and oxygen atoms in total. The van der Waals surface area contributed by atoms with Crippen LogP contribution in [-0.2, 0) is 4.74 Å². The number of nitrogens with zero attached hydrogens (tertiary/aromatic N) is 2. The molecule has 1 N–H and O–H groups in total. The van der Waals surface area contributed by atoms with Crippen molar-refractivity contribution in [2.24, 2.45) is 0 Å². The van der Waals surface area contributed by atoms with Crippen LogP contribution in [0.4, 0.5) is 11.4 Å². The predicted molar refractivity (Wildman–Crippen MR) is 86.3 cm³/mol. The first-order valence-electron chi connectivity index (χ1n) is 7.35. The lowest BCUT2D eigenvalue weighted by Gasteiger charge is -2.18. The molecule has 1 aromatic carbocycles. The van der Waals surface area contributed by atoms with Gasteiger partial charge < -0.3 is 15.0 Å². The van der Waals surface area contributed by atoms with E-state index in [-0.39, 0.29) is 5.91 Å². The lowest BCUT2D eigenvalue weighted by molar-refractivity contribution is 0.102. The van der Waals surface area contributed by atoms with Crippen molar-refractivity contribution < 1.29 is 9.53 Å². The highest BCUT2D eigenvalue weighted by Crippen LogP contribution is 2.23. The number of carbonyl (C=O) groups is 1. The molecule has 1 saturated heterocycles. The number of aromatic nitrogens is 1. The van der Waals surface area contributed by atoms with Crippen LogP contribution in [-0.4, -0.2) is 37.2 Å². The predicted octanol–water partition coefficient (Wildman–Crippen LogP) is 2.56. The van der Waals surface area contributed by atoms with Crippen LogP contribution in [0, 0.1) is 0 Å². The molecular weight excluding hydrogens is 278 g/mol. The fourth-order valence-corrected chi connectivity index (χ4v) is 2.62. The molecule has 0 saturated carbocycles. The van der Waals surface area contributed by atoms with Gasteiger partial charge in [-0.3, -0.25) is 9.78 Å². The van der Waals surface area contributed by atoms with Crippen LogP contribution in [0.1, 0.15) is 16.8 Å². The van der Waals surface area contributed by atoms with E-state index in [2.05, 4.69) is 15.2 Å². The highest BCUT2D eigenvalue weighted by molar-refractivity contribution is 6.04. The summed E-state index contributed by atoms with van der Waals surface area (Å²) in [7, 11) is 1.76. The Morgan fingerprint density at radius 3 is 2.59 bits per heavy atom. The number of methoxy groups -OCH3 is 1. The SMILES string of the molecule is CO[C@H]1CCN(c2ccc(NC(=O)c3ccncc3)cc2)C1. The van der Waals surface area contributed by atoms with Gasteiger partial charge in [-0.2, -0.15) is 0 Å². The molecule has 0 bridgehead atoms. The van der Waals surface area contributed by atoms with E-state index in [4.69, 9.17) is 4.74 Å². The van der Waals surface area contributed by atoms with E-state index in [0.717, 1.165) is 30.9 Å². The van der Waals surface area contributed by atoms with E-state index >= 15 is 0 Å². The number of amides is 1. The summed E-state index contributed by atoms with van der Waals surface area (Å²) in [6.45, 7) is 1.92. The summed E-state index contributed by atoms with van der Waals surface area (Å²) >= 11 is 0. The van der Waals surface area contributed by atoms with E-state index in [0.29, 0.717) is 11.7 Å². The number of nitrogens with one attached hydrogen (secondary N) is 1. The second-order valence-corrected chi connectivity index (χ2v) is 5.33. The standard InChI is InChI=1S/C17H19N3O2/c1-22-16-8-11-20(12-16)15-4-2-14(3-5-15)19-17(21)13-6-9-18-10-7-13/h2-7,9-10,16H,8,11-12H2,1H3,(H,19,21)/t16-/m0/s1. The van der Waals surface area contributed by atoms with E-state index in [1.165, 1.54) is 0 Å². The molecule has 114 valence electrons. The molecule has 3 rings (SSSR count). The fourth-order valence-electron chi connectivity index (χ4n) is 2.62. The van der Waals surface area contributed by atoms with E-state index < -0.39 is 0 Å². The van der Waals surface area contributed by atoms with Crippen LogP contribution in [0.3, 0.4) is 0 Å². The van der Waals surface area contributed by atoms with Gasteiger partial charge in [-0.1, -0.05) is 0 Å². The summed E-state index contributed by atoms with van der Waals surface area (Å²) in [6, 6.07) is 11.3. The number of ether oxygens (including phenoxy) is 1. The van der Waals surface area contributed by atoms with Gasteiger partial charge in [0.05, 0.1) is 6.10 Å². The monoisotopic (exact) mass is 297 g/mol. The molecule has 0 unspecified atom stereocenters. The second-order valence-electron chi connectivity index (χ2n) is 5.33. The Morgan fingerprint density at radius 1 is 1.23 bits per heavy atom. The molecule has 2 aromatic rings. The summed E-state index contributed by atoms with van der Waals surface area (Å²) in [5, 5.41) is 2.89. The van der Waals surface area contributed by atoms with Crippen molar-refractivity contribution in [1.82, 2.24) is 4.98 Å². The van der Waals surface area contributed by atoms with Crippen LogP contribution in [0.2, 0.25) is 0 Å². The average molecular weight is 297 g/mol. The summed E-state index contributed by atoms with van der Waals surface area (Å²) < 4.78 is 5.38. The van der Waals surface area contributed by atoms with Gasteiger partial charge in [0.25, 0.3) is 5.91 Å². The Morgan fingerprint density at radius 2 is 1.95 bits per heavy atom. The molecule has 5 heteroatoms. The summed E-state index contributed by atoms with van der Waals surface area (Å²) in [5.74, 6) is -0.129. The minimum Gasteiger partial charge on any atom is -0.380 e. The summed E-state index contributed by atoms with van der Waals surface area (Å²) in [5.41, 5.74) is 2.54. The van der Waals surface area contributed by atoms with Gasteiger partial charge in [-0.25, -0.2) is 0 Å². The maximum absolute atomic E-state index is 12.1. The Hall–Kier alpha value is -2.40. The summed E-state index contributed by atoms with van der Waals surface area (Å²) in [6.07, 6.45) is 4.58. The third-order valence-electron chi connectivity index (χ3n) is 3.91. The first-order valence-corrected chi connectivity index (χ1v) is 7.35. The lowest BCUT2D eigenvalue weighted by atomic mass is 10.2. The molecule has 0 spiro atoms. The largest absolute Gasteiger partial charge is 0.380 e. The molecule has 1 fully saturated rings. The normalized spacial score (nSPS) is 17.5. The van der Waals surface area contributed by atoms with Crippen molar-refractivity contribution in [3.05, 3.63) is 54.4 Å². The third kappa shape index (κ3) is 3.26. The number of carbonyl (C=O) groups excluding carboxylic acids is 1. The van der Waals surface area contributed by atoms with Crippen LogP contribution < -0.4 is 10.2 Å². The molecule has 2 heterocycles. The number of hydrogen-bond donors (Lipinski definition) is 1. The molecule has 1 aliphatic heterocycles. The molecule has 1 aromatic heterocycles. The maximum Gasteiger partial charge on any atom is 0.255 e. The van der Waals surface area contributed by atoms with Crippen LogP contribution >= 0.6 is 0 Å². The Kier molecular flexibility index (Phi) is 4.34. The van der Waals surface area contributed by atoms with Gasteiger partial charge in [0, 0.05) is 49.5 Å². The average Bonchev–Trinajstić information content (AvgIpc) is 3.05. The highest BCUT2D eigenvalue weighted by Gasteiger charge is 2.22. The zero-order valence-corrected chi connectivity index (χ0v) is 12.5. The smallest absolute Gasteiger partial charge is 0.255 e. The van der Waals surface area contributed by atoms with Crippen LogP contribution in [0.5, 0.6) is 0 Å². The van der Waals surface area contributed by atoms with Gasteiger partial charge in [0.15, 0.2) is 0 Å². The number of pyridine rings is 1. The molecule has 0 aliphatic carbocycles. The van der Waals surface area contributed by atoms with Crippen LogP contribution in [0.15, 0.2) is 48.8 Å². The van der Waals surface area contributed by atoms with Crippen molar-refractivity contribution in [1.29, 1.82) is 0 Å². The van der Waals surface area contributed by atoms with Gasteiger partial charge >= 0.3 is 0 Å². The van der Waals surface area contributed by atoms with Crippen molar-refractivity contribution in [3.8, 4) is 0 Å². The highest BCUT2D eigenvalue weighted by atomic mass is 16.5. The molecule has 22 heavy (non-hydrogen) atoms. The molecule has 1 aliphatic rings. The van der Waals surface area contributed by atoms with Crippen molar-refractivity contribution in [2.45, 2.75) is 12.5 Å². The Balaban J connectivity index is 1.64. The number of rotatable bonds is 4. The maximum atomic E-state index is 12.1. The van der Waals surface area contributed by atoms with E-state index in [9.17, 15) is 4.79 Å². The molecule has 1 amide bonds. The summed E-state index contributed by atoms with van der Waals surface area (Å²) in [4.78, 5) is 18.3. The van der Waals surface area contributed by atoms with Gasteiger partial charge in [0.1, 0.15) is 0 Å². The lowest BCUT2D eigenvalue weighted by Crippen LogP contribution is -2.22. The Labute approximate surface area is 129 Å². The molecular formula is C17H19N3O2. The van der Waals surface area contributed by atoms with E-state index in [1.54, 1.807) is 31.6 Å². The number of benzene rings is 1. The van der Waals surface area contributed by atoms with Gasteiger partial charge in [-0.15, -0.1) is 0 Å². The van der Waals surface area contributed by atoms with Crippen molar-refractivity contribution in [3.63, 3.8) is 0 Å². The topological polar surface area (TPSA) is 54.5 Å². The first-order chi connectivity index (χ1) is 10.8. The second kappa shape index (κ2) is 6.58. The quantitative estimate of drug-likeness (QED) is 0.942. The minimum absolute atomic E-state index is 0.129. The van der Waals surface area contributed by atoms with Gasteiger partial charge in [-0.05, 0) is 42.8 Å². The Bertz CT molecular complexity index is 628. The van der Waals surface area contributed by atoms with Crippen molar-refractivity contribution in [2.75, 3.05) is 30.4 Å². The van der Waals surface area contributed by atoms with E-state index in [1.807, 2.05) is 24.3 Å². The number of hydrogen-bond acceptors (Lipinski definition) is 4. The zero-order chi connectivity index (χ0) is 15.4. The third-order valence-corrected chi connectivity index (χ3v) is 3.91. The first kappa shape index (κ1) is 14.5. The zero-order valence-electron chi connectivity index (χ0n) is 12.5. The molecule has 0 radical (unpaired) electrons.